The molecule has 0 fully saturated rings. The minimum Gasteiger partial charge on any atom is -0.456 e. The lowest BCUT2D eigenvalue weighted by atomic mass is 10.1. The first-order valence-electron chi connectivity index (χ1n) is 6.90. The van der Waals surface area contributed by atoms with Crippen LogP contribution >= 0.6 is 0 Å². The van der Waals surface area contributed by atoms with E-state index in [2.05, 4.69) is 4.98 Å². The number of hydrogen-bond acceptors (Lipinski definition) is 4. The molecule has 1 heterocycles. The fraction of sp³-hybridized carbons (Fsp3) is 0.375. The third-order valence-corrected chi connectivity index (χ3v) is 3.28. The number of aromatic nitrogens is 2. The first-order chi connectivity index (χ1) is 10.1. The van der Waals surface area contributed by atoms with Crippen molar-refractivity contribution in [2.75, 3.05) is 13.7 Å². The van der Waals surface area contributed by atoms with E-state index in [4.69, 9.17) is 9.47 Å². The van der Waals surface area contributed by atoms with E-state index in [1.54, 1.807) is 20.4 Å². The first-order valence-corrected chi connectivity index (χ1v) is 6.90. The number of rotatable bonds is 6. The van der Waals surface area contributed by atoms with E-state index in [-0.39, 0.29) is 18.1 Å². The van der Waals surface area contributed by atoms with Crippen LogP contribution in [0.4, 0.5) is 0 Å². The average Bonchev–Trinajstić information content (AvgIpc) is 2.97. The van der Waals surface area contributed by atoms with Gasteiger partial charge < -0.3 is 14.0 Å². The Bertz CT molecular complexity index is 580. The zero-order chi connectivity index (χ0) is 15.2. The molecule has 0 bridgehead atoms. The van der Waals surface area contributed by atoms with Gasteiger partial charge in [-0.1, -0.05) is 30.3 Å². The van der Waals surface area contributed by atoms with Crippen LogP contribution in [-0.2, 0) is 9.47 Å². The number of carbonyl (C=O) groups is 1. The van der Waals surface area contributed by atoms with Crippen LogP contribution < -0.4 is 0 Å². The predicted octanol–water partition coefficient (Wildman–Crippen LogP) is 2.68. The maximum Gasteiger partial charge on any atom is 0.356 e. The second kappa shape index (κ2) is 7.04. The van der Waals surface area contributed by atoms with Crippen molar-refractivity contribution in [3.8, 4) is 0 Å². The minimum absolute atomic E-state index is 0.00832. The van der Waals surface area contributed by atoms with E-state index in [1.165, 1.54) is 6.20 Å². The van der Waals surface area contributed by atoms with E-state index < -0.39 is 0 Å². The molecule has 2 atom stereocenters. The van der Waals surface area contributed by atoms with Crippen LogP contribution in [0.25, 0.3) is 0 Å². The predicted molar refractivity (Wildman–Crippen MR) is 79.2 cm³/mol. The molecule has 2 aromatic rings. The summed E-state index contributed by atoms with van der Waals surface area (Å²) in [5.41, 5.74) is 1.55. The maximum atomic E-state index is 12.2. The Hall–Kier alpha value is -2.14. The molecule has 1 aromatic carbocycles. The monoisotopic (exact) mass is 288 g/mol. The molecule has 1 aromatic heterocycles. The zero-order valence-corrected chi connectivity index (χ0v) is 12.5. The summed E-state index contributed by atoms with van der Waals surface area (Å²) in [7, 11) is 1.58. The Morgan fingerprint density at radius 2 is 2.00 bits per heavy atom. The average molecular weight is 288 g/mol. The Kier molecular flexibility index (Phi) is 5.11. The largest absolute Gasteiger partial charge is 0.456 e. The van der Waals surface area contributed by atoms with Gasteiger partial charge in [-0.15, -0.1) is 0 Å². The number of hydrogen-bond donors (Lipinski definition) is 0. The molecule has 5 heteroatoms. The SMILES string of the molecule is COC[C@H](C)OC(=O)c1cncn1[C@H](C)c1ccccc1. The molecular formula is C16H20N2O3. The van der Waals surface area contributed by atoms with Gasteiger partial charge in [-0.25, -0.2) is 9.78 Å². The van der Waals surface area contributed by atoms with E-state index >= 15 is 0 Å². The van der Waals surface area contributed by atoms with Gasteiger partial charge >= 0.3 is 5.97 Å². The number of benzene rings is 1. The van der Waals surface area contributed by atoms with Crippen LogP contribution in [0.2, 0.25) is 0 Å². The molecule has 0 N–H and O–H groups in total. The summed E-state index contributed by atoms with van der Waals surface area (Å²) in [5, 5.41) is 0. The molecule has 112 valence electrons. The van der Waals surface area contributed by atoms with Crippen LogP contribution in [0.5, 0.6) is 0 Å². The zero-order valence-electron chi connectivity index (χ0n) is 12.5. The molecule has 0 saturated heterocycles. The van der Waals surface area contributed by atoms with Gasteiger partial charge in [-0.2, -0.15) is 0 Å². The standard InChI is InChI=1S/C16H20N2O3/c1-12(10-20-3)21-16(19)15-9-17-11-18(15)13(2)14-7-5-4-6-8-14/h4-9,11-13H,10H2,1-3H3/t12-,13+/m0/s1. The molecule has 0 aliphatic carbocycles. The highest BCUT2D eigenvalue weighted by molar-refractivity contribution is 5.87. The van der Waals surface area contributed by atoms with Crippen molar-refractivity contribution in [1.82, 2.24) is 9.55 Å². The van der Waals surface area contributed by atoms with Crippen molar-refractivity contribution in [3.05, 3.63) is 54.1 Å². The summed E-state index contributed by atoms with van der Waals surface area (Å²) < 4.78 is 12.1. The summed E-state index contributed by atoms with van der Waals surface area (Å²) in [6.45, 7) is 4.18. The molecule has 0 spiro atoms. The Labute approximate surface area is 124 Å². The van der Waals surface area contributed by atoms with Crippen molar-refractivity contribution >= 4 is 5.97 Å². The van der Waals surface area contributed by atoms with Crippen LogP contribution in [0.15, 0.2) is 42.9 Å². The molecule has 5 nitrogen and oxygen atoms in total. The van der Waals surface area contributed by atoms with Crippen LogP contribution in [0.1, 0.15) is 35.9 Å². The molecule has 0 aliphatic heterocycles. The Morgan fingerprint density at radius 3 is 2.67 bits per heavy atom. The fourth-order valence-electron chi connectivity index (χ4n) is 2.18. The van der Waals surface area contributed by atoms with E-state index in [0.717, 1.165) is 5.56 Å². The highest BCUT2D eigenvalue weighted by Crippen LogP contribution is 2.20. The lowest BCUT2D eigenvalue weighted by Gasteiger charge is -2.18. The van der Waals surface area contributed by atoms with Gasteiger partial charge in [0.15, 0.2) is 0 Å². The highest BCUT2D eigenvalue weighted by Gasteiger charge is 2.19. The van der Waals surface area contributed by atoms with Gasteiger partial charge in [0.25, 0.3) is 0 Å². The second-order valence-electron chi connectivity index (χ2n) is 4.94. The Balaban J connectivity index is 2.17. The van der Waals surface area contributed by atoms with Gasteiger partial charge in [0.2, 0.25) is 0 Å². The van der Waals surface area contributed by atoms with Crippen molar-refractivity contribution in [3.63, 3.8) is 0 Å². The van der Waals surface area contributed by atoms with E-state index in [9.17, 15) is 4.79 Å². The van der Waals surface area contributed by atoms with Crippen molar-refractivity contribution < 1.29 is 14.3 Å². The number of methoxy groups -OCH3 is 1. The van der Waals surface area contributed by atoms with Gasteiger partial charge in [0, 0.05) is 7.11 Å². The maximum absolute atomic E-state index is 12.2. The first kappa shape index (κ1) is 15.3. The van der Waals surface area contributed by atoms with E-state index in [1.807, 2.05) is 41.8 Å². The van der Waals surface area contributed by atoms with Gasteiger partial charge in [-0.3, -0.25) is 0 Å². The molecule has 0 unspecified atom stereocenters. The summed E-state index contributed by atoms with van der Waals surface area (Å²) in [5.74, 6) is -0.389. The lowest BCUT2D eigenvalue weighted by molar-refractivity contribution is 0.0109. The van der Waals surface area contributed by atoms with Crippen molar-refractivity contribution in [2.24, 2.45) is 0 Å². The molecular weight excluding hydrogens is 268 g/mol. The lowest BCUT2D eigenvalue weighted by Crippen LogP contribution is -2.22. The summed E-state index contributed by atoms with van der Waals surface area (Å²) in [4.78, 5) is 16.3. The summed E-state index contributed by atoms with van der Waals surface area (Å²) in [6.07, 6.45) is 2.88. The molecule has 0 aliphatic rings. The number of imidazole rings is 1. The van der Waals surface area contributed by atoms with Crippen molar-refractivity contribution in [1.29, 1.82) is 0 Å². The number of nitrogens with zero attached hydrogens (tertiary/aromatic N) is 2. The number of esters is 1. The number of carbonyl (C=O) groups excluding carboxylic acids is 1. The summed E-state index contributed by atoms with van der Waals surface area (Å²) in [6, 6.07) is 9.96. The third-order valence-electron chi connectivity index (χ3n) is 3.28. The third kappa shape index (κ3) is 3.70. The highest BCUT2D eigenvalue weighted by atomic mass is 16.6. The quantitative estimate of drug-likeness (QED) is 0.767. The minimum atomic E-state index is -0.389. The van der Waals surface area contributed by atoms with Crippen LogP contribution in [-0.4, -0.2) is 35.3 Å². The molecule has 0 amide bonds. The van der Waals surface area contributed by atoms with Gasteiger partial charge in [0.05, 0.1) is 25.2 Å². The van der Waals surface area contributed by atoms with Crippen LogP contribution in [0, 0.1) is 0 Å². The molecule has 0 saturated carbocycles. The fourth-order valence-corrected chi connectivity index (χ4v) is 2.18. The number of ether oxygens (including phenoxy) is 2. The van der Waals surface area contributed by atoms with Gasteiger partial charge in [-0.05, 0) is 19.4 Å². The second-order valence-corrected chi connectivity index (χ2v) is 4.94. The van der Waals surface area contributed by atoms with Crippen LogP contribution in [0.3, 0.4) is 0 Å². The molecule has 21 heavy (non-hydrogen) atoms. The molecule has 2 rings (SSSR count). The smallest absolute Gasteiger partial charge is 0.356 e. The Morgan fingerprint density at radius 1 is 1.29 bits per heavy atom. The van der Waals surface area contributed by atoms with Crippen molar-refractivity contribution in [2.45, 2.75) is 26.0 Å². The van der Waals surface area contributed by atoms with Gasteiger partial charge in [0.1, 0.15) is 11.8 Å². The van der Waals surface area contributed by atoms with E-state index in [0.29, 0.717) is 12.3 Å². The normalized spacial score (nSPS) is 13.7. The molecule has 0 radical (unpaired) electrons. The topological polar surface area (TPSA) is 53.4 Å². The summed E-state index contributed by atoms with van der Waals surface area (Å²) >= 11 is 0.